The summed E-state index contributed by atoms with van der Waals surface area (Å²) < 4.78 is 11.5. The highest BCUT2D eigenvalue weighted by Crippen LogP contribution is 2.39. The molecule has 1 aliphatic carbocycles. The van der Waals surface area contributed by atoms with E-state index in [1.54, 1.807) is 4.90 Å². The maximum atomic E-state index is 12.8. The molecule has 2 fully saturated rings. The minimum atomic E-state index is -0.494. The Morgan fingerprint density at radius 1 is 1.06 bits per heavy atom. The Morgan fingerprint density at radius 3 is 2.56 bits per heavy atom. The van der Waals surface area contributed by atoms with Gasteiger partial charge >= 0.3 is 0 Å². The lowest BCUT2D eigenvalue weighted by atomic mass is 9.92. The number of ether oxygens (including phenoxy) is 2. The molecule has 0 radical (unpaired) electrons. The molecular formula is C24H26N2O5S. The summed E-state index contributed by atoms with van der Waals surface area (Å²) in [6.45, 7) is 5.24. The highest BCUT2D eigenvalue weighted by atomic mass is 32.1. The monoisotopic (exact) mass is 454 g/mol. The van der Waals surface area contributed by atoms with Gasteiger partial charge in [-0.25, -0.2) is 0 Å². The number of hydrogen-bond acceptors (Lipinski definition) is 7. The molecule has 168 valence electrons. The van der Waals surface area contributed by atoms with Crippen LogP contribution in [0.15, 0.2) is 29.6 Å². The van der Waals surface area contributed by atoms with Gasteiger partial charge < -0.3 is 14.4 Å². The van der Waals surface area contributed by atoms with E-state index in [0.717, 1.165) is 44.0 Å². The number of morpholine rings is 1. The summed E-state index contributed by atoms with van der Waals surface area (Å²) in [6.07, 6.45) is 0.719. The standard InChI is InChI=1S/C24H26N2O5S/c27-18-5-6-20(21(28)11-18)26-13-19-22(15-32-23(19)24(26)29)31-14-17-3-1-16(2-4-17)12-25-7-9-30-10-8-25/h1-4,15,20H,5-14H2/t20-/m0/s1. The molecule has 2 aromatic rings. The van der Waals surface area contributed by atoms with Gasteiger partial charge in [0.25, 0.3) is 5.91 Å². The first kappa shape index (κ1) is 21.3. The van der Waals surface area contributed by atoms with E-state index in [4.69, 9.17) is 9.47 Å². The second-order valence-electron chi connectivity index (χ2n) is 8.57. The smallest absolute Gasteiger partial charge is 0.265 e. The van der Waals surface area contributed by atoms with Gasteiger partial charge in [-0.05, 0) is 17.5 Å². The Balaban J connectivity index is 1.19. The number of rotatable bonds is 6. The average Bonchev–Trinajstić information content (AvgIpc) is 3.34. The minimum Gasteiger partial charge on any atom is -0.488 e. The summed E-state index contributed by atoms with van der Waals surface area (Å²) >= 11 is 1.36. The highest BCUT2D eigenvalue weighted by molar-refractivity contribution is 7.12. The van der Waals surface area contributed by atoms with Gasteiger partial charge in [-0.1, -0.05) is 24.3 Å². The Bertz CT molecular complexity index is 1030. The van der Waals surface area contributed by atoms with E-state index in [9.17, 15) is 14.4 Å². The second kappa shape index (κ2) is 9.13. The lowest BCUT2D eigenvalue weighted by Crippen LogP contribution is -2.44. The first-order chi connectivity index (χ1) is 15.6. The summed E-state index contributed by atoms with van der Waals surface area (Å²) in [7, 11) is 0. The normalized spacial score (nSPS) is 21.8. The molecule has 3 aliphatic rings. The van der Waals surface area contributed by atoms with Crippen LogP contribution < -0.4 is 4.74 Å². The van der Waals surface area contributed by atoms with Gasteiger partial charge in [0.15, 0.2) is 5.78 Å². The summed E-state index contributed by atoms with van der Waals surface area (Å²) in [4.78, 5) is 41.3. The number of Topliss-reactive ketones (excluding diaryl/α,β-unsaturated/α-hetero) is 2. The van der Waals surface area contributed by atoms with E-state index in [1.807, 2.05) is 5.38 Å². The average molecular weight is 455 g/mol. The van der Waals surface area contributed by atoms with E-state index in [2.05, 4.69) is 29.2 Å². The van der Waals surface area contributed by atoms with Gasteiger partial charge in [0.2, 0.25) is 0 Å². The molecule has 1 saturated carbocycles. The summed E-state index contributed by atoms with van der Waals surface area (Å²) in [5, 5.41) is 1.87. The Hall–Kier alpha value is -2.55. The van der Waals surface area contributed by atoms with E-state index in [1.165, 1.54) is 16.9 Å². The van der Waals surface area contributed by atoms with Crippen LogP contribution in [-0.4, -0.2) is 59.6 Å². The molecule has 3 heterocycles. The fourth-order valence-electron chi connectivity index (χ4n) is 4.55. The highest BCUT2D eigenvalue weighted by Gasteiger charge is 2.41. The zero-order chi connectivity index (χ0) is 22.1. The van der Waals surface area contributed by atoms with Crippen molar-refractivity contribution in [2.45, 2.75) is 45.0 Å². The zero-order valence-corrected chi connectivity index (χ0v) is 18.7. The van der Waals surface area contributed by atoms with Crippen molar-refractivity contribution in [3.05, 3.63) is 51.2 Å². The van der Waals surface area contributed by atoms with Gasteiger partial charge in [0.1, 0.15) is 23.0 Å². The second-order valence-corrected chi connectivity index (χ2v) is 9.45. The van der Waals surface area contributed by atoms with Crippen molar-refractivity contribution in [2.24, 2.45) is 0 Å². The van der Waals surface area contributed by atoms with E-state index in [-0.39, 0.29) is 23.9 Å². The van der Waals surface area contributed by atoms with E-state index >= 15 is 0 Å². The van der Waals surface area contributed by atoms with Crippen molar-refractivity contribution < 1.29 is 23.9 Å². The third-order valence-electron chi connectivity index (χ3n) is 6.38. The molecule has 1 saturated heterocycles. The Labute approximate surface area is 190 Å². The number of fused-ring (bicyclic) bond motifs is 1. The molecule has 1 amide bonds. The molecule has 8 heteroatoms. The van der Waals surface area contributed by atoms with Crippen molar-refractivity contribution in [1.82, 2.24) is 9.80 Å². The summed E-state index contributed by atoms with van der Waals surface area (Å²) in [5.74, 6) is 0.398. The molecule has 1 atom stereocenters. The molecule has 32 heavy (non-hydrogen) atoms. The third-order valence-corrected chi connectivity index (χ3v) is 7.37. The lowest BCUT2D eigenvalue weighted by molar-refractivity contribution is -0.133. The number of benzene rings is 1. The van der Waals surface area contributed by atoms with Crippen molar-refractivity contribution in [1.29, 1.82) is 0 Å². The predicted octanol–water partition coefficient (Wildman–Crippen LogP) is 2.81. The van der Waals surface area contributed by atoms with Gasteiger partial charge in [-0.2, -0.15) is 0 Å². The van der Waals surface area contributed by atoms with Crippen LogP contribution in [-0.2, 0) is 34.0 Å². The van der Waals surface area contributed by atoms with Crippen LogP contribution in [0.2, 0.25) is 0 Å². The molecule has 1 aromatic heterocycles. The molecule has 0 bridgehead atoms. The van der Waals surface area contributed by atoms with Crippen LogP contribution in [0, 0.1) is 0 Å². The number of carbonyl (C=O) groups excluding carboxylic acids is 3. The quantitative estimate of drug-likeness (QED) is 0.625. The van der Waals surface area contributed by atoms with E-state index in [0.29, 0.717) is 36.6 Å². The summed E-state index contributed by atoms with van der Waals surface area (Å²) in [6, 6.07) is 7.93. The van der Waals surface area contributed by atoms with Crippen LogP contribution in [0.25, 0.3) is 0 Å². The van der Waals surface area contributed by atoms with Crippen LogP contribution in [0.1, 0.15) is 45.6 Å². The minimum absolute atomic E-state index is 0.0346. The number of carbonyl (C=O) groups is 3. The van der Waals surface area contributed by atoms with Gasteiger partial charge in [0.05, 0.1) is 32.2 Å². The maximum absolute atomic E-state index is 12.8. The molecular weight excluding hydrogens is 428 g/mol. The van der Waals surface area contributed by atoms with Crippen molar-refractivity contribution in [3.63, 3.8) is 0 Å². The molecule has 7 nitrogen and oxygen atoms in total. The first-order valence-corrected chi connectivity index (χ1v) is 11.9. The van der Waals surface area contributed by atoms with Crippen molar-refractivity contribution in [2.75, 3.05) is 26.3 Å². The SMILES string of the molecule is O=C1CC[C@H](N2Cc3c(OCc4ccc(CN5CCOCC5)cc4)csc3C2=O)C(=O)C1. The van der Waals surface area contributed by atoms with Crippen molar-refractivity contribution in [3.8, 4) is 5.75 Å². The van der Waals surface area contributed by atoms with Crippen molar-refractivity contribution >= 4 is 28.8 Å². The predicted molar refractivity (Wildman–Crippen MR) is 119 cm³/mol. The molecule has 0 N–H and O–H groups in total. The molecule has 1 aromatic carbocycles. The van der Waals surface area contributed by atoms with Gasteiger partial charge in [-0.15, -0.1) is 11.3 Å². The zero-order valence-electron chi connectivity index (χ0n) is 17.9. The van der Waals surface area contributed by atoms with E-state index < -0.39 is 6.04 Å². The number of hydrogen-bond donors (Lipinski definition) is 0. The van der Waals surface area contributed by atoms with Crippen LogP contribution in [0.4, 0.5) is 0 Å². The van der Waals surface area contributed by atoms with Crippen LogP contribution in [0.3, 0.4) is 0 Å². The molecule has 2 aliphatic heterocycles. The van der Waals surface area contributed by atoms with Gasteiger partial charge in [0, 0.05) is 37.0 Å². The Morgan fingerprint density at radius 2 is 1.81 bits per heavy atom. The summed E-state index contributed by atoms with van der Waals surface area (Å²) in [5.41, 5.74) is 3.19. The molecule has 5 rings (SSSR count). The van der Waals surface area contributed by atoms with Crippen LogP contribution >= 0.6 is 11.3 Å². The first-order valence-electron chi connectivity index (χ1n) is 11.0. The van der Waals surface area contributed by atoms with Gasteiger partial charge in [-0.3, -0.25) is 19.3 Å². The topological polar surface area (TPSA) is 76.2 Å². The number of amides is 1. The third kappa shape index (κ3) is 4.35. The maximum Gasteiger partial charge on any atom is 0.265 e. The largest absolute Gasteiger partial charge is 0.488 e. The van der Waals surface area contributed by atoms with Crippen LogP contribution in [0.5, 0.6) is 5.75 Å². The molecule has 0 unspecified atom stereocenters. The Kier molecular flexibility index (Phi) is 6.08. The lowest BCUT2D eigenvalue weighted by Gasteiger charge is -2.29. The molecule has 0 spiro atoms. The number of thiophene rings is 1. The fraction of sp³-hybridized carbons (Fsp3) is 0.458. The number of nitrogens with zero attached hydrogens (tertiary/aromatic N) is 2. The number of ketones is 2. The fourth-order valence-corrected chi connectivity index (χ4v) is 5.51.